The Balaban J connectivity index is 1.54. The molecule has 0 radical (unpaired) electrons. The van der Waals surface area contributed by atoms with Crippen molar-refractivity contribution in [3.8, 4) is 0 Å². The molecule has 0 aliphatic heterocycles. The van der Waals surface area contributed by atoms with Gasteiger partial charge >= 0.3 is 0 Å². The normalized spacial score (nSPS) is 11.4. The molecule has 1 N–H and O–H groups in total. The highest BCUT2D eigenvalue weighted by Crippen LogP contribution is 2.29. The van der Waals surface area contributed by atoms with Crippen molar-refractivity contribution in [2.75, 3.05) is 11.1 Å². The van der Waals surface area contributed by atoms with Crippen molar-refractivity contribution >= 4 is 51.5 Å². The smallest absolute Gasteiger partial charge is 0.225 e. The second-order valence-corrected chi connectivity index (χ2v) is 9.01. The minimum absolute atomic E-state index is 0.0470. The molecule has 0 bridgehead atoms. The number of hydrogen-bond donors (Lipinski definition) is 1. The van der Waals surface area contributed by atoms with Crippen molar-refractivity contribution in [1.29, 1.82) is 0 Å². The number of anilines is 1. The number of halogens is 1. The Kier molecular flexibility index (Phi) is 5.71. The highest BCUT2D eigenvalue weighted by atomic mass is 35.5. The first-order chi connectivity index (χ1) is 14.3. The SMILES string of the molecule is Cc1cc(C)c2c(c1)c(C)cc1nnc(SCCC(=O)Nc3cccc(Cl)c3C)n12. The molecule has 0 unspecified atom stereocenters. The van der Waals surface area contributed by atoms with Crippen LogP contribution in [0.5, 0.6) is 0 Å². The fourth-order valence-electron chi connectivity index (χ4n) is 3.70. The Morgan fingerprint density at radius 3 is 2.70 bits per heavy atom. The molecule has 0 spiro atoms. The quantitative estimate of drug-likeness (QED) is 0.394. The lowest BCUT2D eigenvalue weighted by molar-refractivity contribution is -0.115. The summed E-state index contributed by atoms with van der Waals surface area (Å²) in [5.41, 5.74) is 7.18. The molecule has 0 fully saturated rings. The van der Waals surface area contributed by atoms with E-state index in [1.54, 1.807) is 0 Å². The molecule has 2 aromatic carbocycles. The molecule has 30 heavy (non-hydrogen) atoms. The van der Waals surface area contributed by atoms with E-state index in [1.165, 1.54) is 33.8 Å². The summed E-state index contributed by atoms with van der Waals surface area (Å²) in [5, 5.41) is 14.3. The maximum atomic E-state index is 12.4. The molecule has 154 valence electrons. The van der Waals surface area contributed by atoms with E-state index in [0.29, 0.717) is 17.2 Å². The Morgan fingerprint density at radius 1 is 1.10 bits per heavy atom. The number of carbonyl (C=O) groups excluding carboxylic acids is 1. The maximum Gasteiger partial charge on any atom is 0.225 e. The van der Waals surface area contributed by atoms with Crippen LogP contribution < -0.4 is 5.32 Å². The standard InChI is InChI=1S/C23H23ClN4OS/c1-13-10-15(3)22-17(11-13)14(2)12-20-26-27-23(28(20)22)30-9-8-21(29)25-19-7-5-6-18(24)16(19)4/h5-7,10-12H,8-9H2,1-4H3,(H,25,29). The highest BCUT2D eigenvalue weighted by Gasteiger charge is 2.14. The minimum Gasteiger partial charge on any atom is -0.326 e. The van der Waals surface area contributed by atoms with Crippen LogP contribution in [0.3, 0.4) is 0 Å². The van der Waals surface area contributed by atoms with E-state index in [4.69, 9.17) is 11.6 Å². The molecule has 1 amide bonds. The number of rotatable bonds is 5. The van der Waals surface area contributed by atoms with Gasteiger partial charge in [-0.05, 0) is 68.7 Å². The Morgan fingerprint density at radius 2 is 1.90 bits per heavy atom. The second-order valence-electron chi connectivity index (χ2n) is 7.54. The van der Waals surface area contributed by atoms with Crippen LogP contribution in [0.25, 0.3) is 16.6 Å². The van der Waals surface area contributed by atoms with E-state index in [1.807, 2.05) is 25.1 Å². The average molecular weight is 439 g/mol. The van der Waals surface area contributed by atoms with Gasteiger partial charge in [0.15, 0.2) is 10.8 Å². The fraction of sp³-hybridized carbons (Fsp3) is 0.261. The van der Waals surface area contributed by atoms with E-state index in [2.05, 4.69) is 58.9 Å². The van der Waals surface area contributed by atoms with Crippen LogP contribution in [0.2, 0.25) is 5.02 Å². The van der Waals surface area contributed by atoms with Gasteiger partial charge in [-0.15, -0.1) is 10.2 Å². The number of nitrogens with zero attached hydrogens (tertiary/aromatic N) is 3. The van der Waals surface area contributed by atoms with Crippen LogP contribution in [0.15, 0.2) is 41.6 Å². The van der Waals surface area contributed by atoms with E-state index in [-0.39, 0.29) is 5.91 Å². The van der Waals surface area contributed by atoms with E-state index < -0.39 is 0 Å². The van der Waals surface area contributed by atoms with Crippen molar-refractivity contribution in [1.82, 2.24) is 14.6 Å². The number of benzene rings is 2. The van der Waals surface area contributed by atoms with Gasteiger partial charge in [0.1, 0.15) is 0 Å². The number of aryl methyl sites for hydroxylation is 3. The number of fused-ring (bicyclic) bond motifs is 3. The zero-order chi connectivity index (χ0) is 21.4. The van der Waals surface area contributed by atoms with Gasteiger partial charge in [-0.25, -0.2) is 0 Å². The van der Waals surface area contributed by atoms with Crippen molar-refractivity contribution < 1.29 is 4.79 Å². The van der Waals surface area contributed by atoms with Crippen molar-refractivity contribution in [2.24, 2.45) is 0 Å². The summed E-state index contributed by atoms with van der Waals surface area (Å²) in [4.78, 5) is 12.4. The molecule has 0 saturated carbocycles. The van der Waals surface area contributed by atoms with E-state index in [9.17, 15) is 4.79 Å². The van der Waals surface area contributed by atoms with Crippen LogP contribution in [0.1, 0.15) is 28.7 Å². The van der Waals surface area contributed by atoms with Gasteiger partial charge in [0, 0.05) is 28.3 Å². The van der Waals surface area contributed by atoms with Crippen LogP contribution in [-0.4, -0.2) is 26.3 Å². The number of hydrogen-bond acceptors (Lipinski definition) is 4. The molecular formula is C23H23ClN4OS. The number of carbonyl (C=O) groups is 1. The van der Waals surface area contributed by atoms with Crippen LogP contribution in [-0.2, 0) is 4.79 Å². The lowest BCUT2D eigenvalue weighted by Gasteiger charge is -2.11. The number of nitrogens with one attached hydrogen (secondary N) is 1. The third-order valence-electron chi connectivity index (χ3n) is 5.20. The van der Waals surface area contributed by atoms with Crippen molar-refractivity contribution in [3.05, 3.63) is 63.7 Å². The molecule has 0 atom stereocenters. The first kappa shape index (κ1) is 20.7. The molecule has 2 aromatic heterocycles. The Labute approximate surface area is 184 Å². The third kappa shape index (κ3) is 3.89. The summed E-state index contributed by atoms with van der Waals surface area (Å²) in [7, 11) is 0. The predicted molar refractivity (Wildman–Crippen MR) is 125 cm³/mol. The van der Waals surface area contributed by atoms with Gasteiger partial charge in [-0.3, -0.25) is 9.20 Å². The Hall–Kier alpha value is -2.57. The lowest BCUT2D eigenvalue weighted by atomic mass is 10.0. The summed E-state index contributed by atoms with van der Waals surface area (Å²) in [6, 6.07) is 11.9. The van der Waals surface area contributed by atoms with Crippen molar-refractivity contribution in [3.63, 3.8) is 0 Å². The maximum absolute atomic E-state index is 12.4. The zero-order valence-corrected chi connectivity index (χ0v) is 19.0. The predicted octanol–water partition coefficient (Wildman–Crippen LogP) is 5.89. The molecule has 4 rings (SSSR count). The molecule has 0 aliphatic carbocycles. The summed E-state index contributed by atoms with van der Waals surface area (Å²) >= 11 is 7.67. The minimum atomic E-state index is -0.0470. The number of thioether (sulfide) groups is 1. The molecular weight excluding hydrogens is 416 g/mol. The van der Waals surface area contributed by atoms with Gasteiger partial charge in [-0.2, -0.15) is 0 Å². The fourth-order valence-corrected chi connectivity index (χ4v) is 4.75. The topological polar surface area (TPSA) is 59.3 Å². The molecule has 7 heteroatoms. The van der Waals surface area contributed by atoms with Gasteiger partial charge in [0.05, 0.1) is 5.52 Å². The Bertz CT molecular complexity index is 1280. The third-order valence-corrected chi connectivity index (χ3v) is 6.54. The summed E-state index contributed by atoms with van der Waals surface area (Å²) in [5.74, 6) is 0.557. The van der Waals surface area contributed by atoms with Crippen LogP contribution >= 0.6 is 23.4 Å². The number of pyridine rings is 1. The summed E-state index contributed by atoms with van der Waals surface area (Å²) < 4.78 is 2.10. The van der Waals surface area contributed by atoms with Crippen LogP contribution in [0, 0.1) is 27.7 Å². The zero-order valence-electron chi connectivity index (χ0n) is 17.4. The second kappa shape index (κ2) is 8.28. The van der Waals surface area contributed by atoms with Gasteiger partial charge in [0.25, 0.3) is 0 Å². The highest BCUT2D eigenvalue weighted by molar-refractivity contribution is 7.99. The molecule has 0 saturated heterocycles. The van der Waals surface area contributed by atoms with Gasteiger partial charge < -0.3 is 5.32 Å². The largest absolute Gasteiger partial charge is 0.326 e. The van der Waals surface area contributed by atoms with Crippen LogP contribution in [0.4, 0.5) is 5.69 Å². The summed E-state index contributed by atoms with van der Waals surface area (Å²) in [6.07, 6.45) is 0.368. The molecule has 4 aromatic rings. The number of amides is 1. The summed E-state index contributed by atoms with van der Waals surface area (Å²) in [6.45, 7) is 8.22. The van der Waals surface area contributed by atoms with Crippen molar-refractivity contribution in [2.45, 2.75) is 39.3 Å². The monoisotopic (exact) mass is 438 g/mol. The number of aromatic nitrogens is 3. The van der Waals surface area contributed by atoms with Gasteiger partial charge in [0.2, 0.25) is 5.91 Å². The molecule has 0 aliphatic rings. The van der Waals surface area contributed by atoms with Gasteiger partial charge in [-0.1, -0.05) is 41.1 Å². The average Bonchev–Trinajstić information content (AvgIpc) is 3.08. The lowest BCUT2D eigenvalue weighted by Crippen LogP contribution is -2.13. The van der Waals surface area contributed by atoms with E-state index in [0.717, 1.165) is 27.6 Å². The van der Waals surface area contributed by atoms with E-state index >= 15 is 0 Å². The molecule has 2 heterocycles. The first-order valence-electron chi connectivity index (χ1n) is 9.78. The molecule has 5 nitrogen and oxygen atoms in total. The first-order valence-corrected chi connectivity index (χ1v) is 11.1.